The Morgan fingerprint density at radius 1 is 1.12 bits per heavy atom. The van der Waals surface area contributed by atoms with E-state index in [4.69, 9.17) is 4.52 Å². The third-order valence-corrected chi connectivity index (χ3v) is 6.57. The van der Waals surface area contributed by atoms with Crippen molar-refractivity contribution in [2.45, 2.75) is 50.6 Å². The van der Waals surface area contributed by atoms with Crippen molar-refractivity contribution in [3.8, 4) is 11.3 Å². The Morgan fingerprint density at radius 3 is 2.62 bits per heavy atom. The molecule has 0 unspecified atom stereocenters. The lowest BCUT2D eigenvalue weighted by atomic mass is 9.87. The standard InChI is InChI=1S/C23H28F2N4O3/c1-26-22(30)17-13-29(15-5-3-2-4-6-15)10-9-19(17)27-23(31)20-12-21(32-28-20)16-8-7-14(24)11-18(16)25/h7-8,11-12,15,17,19H,2-6,9-10,13H2,1H3,(H,26,30)(H,27,31)/t17-,19-/m1/s1. The highest BCUT2D eigenvalue weighted by Gasteiger charge is 2.37. The number of hydrogen-bond acceptors (Lipinski definition) is 5. The van der Waals surface area contributed by atoms with Gasteiger partial charge in [-0.15, -0.1) is 0 Å². The lowest BCUT2D eigenvalue weighted by Gasteiger charge is -2.42. The van der Waals surface area contributed by atoms with Crippen LogP contribution in [0.5, 0.6) is 0 Å². The first-order valence-electron chi connectivity index (χ1n) is 11.1. The maximum atomic E-state index is 14.0. The summed E-state index contributed by atoms with van der Waals surface area (Å²) in [6, 6.07) is 4.55. The molecule has 0 radical (unpaired) electrons. The van der Waals surface area contributed by atoms with Crippen LogP contribution in [0.25, 0.3) is 11.3 Å². The molecule has 2 atom stereocenters. The van der Waals surface area contributed by atoms with Gasteiger partial charge in [0, 0.05) is 44.4 Å². The lowest BCUT2D eigenvalue weighted by molar-refractivity contribution is -0.127. The van der Waals surface area contributed by atoms with Crippen LogP contribution in [0.4, 0.5) is 8.78 Å². The van der Waals surface area contributed by atoms with Gasteiger partial charge in [0.25, 0.3) is 5.91 Å². The zero-order valence-corrected chi connectivity index (χ0v) is 18.1. The summed E-state index contributed by atoms with van der Waals surface area (Å²) >= 11 is 0. The third-order valence-electron chi connectivity index (χ3n) is 6.57. The van der Waals surface area contributed by atoms with Gasteiger partial charge in [0.05, 0.1) is 11.5 Å². The summed E-state index contributed by atoms with van der Waals surface area (Å²) in [5.74, 6) is -2.45. The number of carbonyl (C=O) groups is 2. The Bertz CT molecular complexity index is 974. The van der Waals surface area contributed by atoms with Crippen LogP contribution in [0.3, 0.4) is 0 Å². The summed E-state index contributed by atoms with van der Waals surface area (Å²) < 4.78 is 32.3. The zero-order chi connectivity index (χ0) is 22.7. The molecule has 1 aliphatic heterocycles. The van der Waals surface area contributed by atoms with Crippen LogP contribution < -0.4 is 10.6 Å². The van der Waals surface area contributed by atoms with Crippen molar-refractivity contribution in [2.24, 2.45) is 5.92 Å². The molecule has 1 aromatic heterocycles. The van der Waals surface area contributed by atoms with Gasteiger partial charge in [-0.1, -0.05) is 24.4 Å². The molecular weight excluding hydrogens is 418 g/mol. The van der Waals surface area contributed by atoms with Gasteiger partial charge >= 0.3 is 0 Å². The van der Waals surface area contributed by atoms with Crippen molar-refractivity contribution < 1.29 is 22.9 Å². The van der Waals surface area contributed by atoms with Crippen molar-refractivity contribution >= 4 is 11.8 Å². The van der Waals surface area contributed by atoms with Crippen LogP contribution in [0.2, 0.25) is 0 Å². The number of rotatable bonds is 5. The number of hydrogen-bond donors (Lipinski definition) is 2. The number of piperidine rings is 1. The molecule has 172 valence electrons. The highest BCUT2D eigenvalue weighted by atomic mass is 19.1. The largest absolute Gasteiger partial charge is 0.359 e. The van der Waals surface area contributed by atoms with Crippen molar-refractivity contribution in [1.29, 1.82) is 0 Å². The van der Waals surface area contributed by atoms with E-state index < -0.39 is 17.5 Å². The van der Waals surface area contributed by atoms with E-state index in [0.29, 0.717) is 19.0 Å². The van der Waals surface area contributed by atoms with Gasteiger partial charge in [-0.25, -0.2) is 8.78 Å². The Kier molecular flexibility index (Phi) is 6.83. The van der Waals surface area contributed by atoms with Crippen LogP contribution in [0.1, 0.15) is 49.0 Å². The SMILES string of the molecule is CNC(=O)[C@@H]1CN(C2CCCCC2)CC[C@H]1NC(=O)c1cc(-c2ccc(F)cc2F)on1. The Balaban J connectivity index is 1.44. The van der Waals surface area contributed by atoms with E-state index in [1.807, 2.05) is 0 Å². The molecule has 2 aromatic rings. The summed E-state index contributed by atoms with van der Waals surface area (Å²) in [7, 11) is 1.60. The van der Waals surface area contributed by atoms with Crippen LogP contribution in [-0.4, -0.2) is 54.1 Å². The summed E-state index contributed by atoms with van der Waals surface area (Å²) in [6.45, 7) is 1.41. The van der Waals surface area contributed by atoms with Crippen molar-refractivity contribution in [3.63, 3.8) is 0 Å². The predicted molar refractivity (Wildman–Crippen MR) is 114 cm³/mol. The van der Waals surface area contributed by atoms with Crippen LogP contribution in [-0.2, 0) is 4.79 Å². The highest BCUT2D eigenvalue weighted by Crippen LogP contribution is 2.28. The molecule has 9 heteroatoms. The number of amides is 2. The smallest absolute Gasteiger partial charge is 0.273 e. The number of nitrogens with zero attached hydrogens (tertiary/aromatic N) is 2. The van der Waals surface area contributed by atoms with Crippen molar-refractivity contribution in [2.75, 3.05) is 20.1 Å². The molecule has 2 aliphatic rings. The maximum absolute atomic E-state index is 14.0. The Labute approximate surface area is 185 Å². The van der Waals surface area contributed by atoms with Gasteiger partial charge in [-0.3, -0.25) is 14.5 Å². The molecule has 2 heterocycles. The van der Waals surface area contributed by atoms with Crippen LogP contribution >= 0.6 is 0 Å². The second-order valence-electron chi connectivity index (χ2n) is 8.58. The van der Waals surface area contributed by atoms with Gasteiger partial charge in [0.2, 0.25) is 5.91 Å². The Hall–Kier alpha value is -2.81. The van der Waals surface area contributed by atoms with Crippen LogP contribution in [0.15, 0.2) is 28.8 Å². The second kappa shape index (κ2) is 9.77. The summed E-state index contributed by atoms with van der Waals surface area (Å²) in [4.78, 5) is 27.8. The predicted octanol–water partition coefficient (Wildman–Crippen LogP) is 3.12. The van der Waals surface area contributed by atoms with E-state index in [9.17, 15) is 18.4 Å². The zero-order valence-electron chi connectivity index (χ0n) is 18.1. The molecule has 2 amide bonds. The first kappa shape index (κ1) is 22.4. The fourth-order valence-electron chi connectivity index (χ4n) is 4.82. The van der Waals surface area contributed by atoms with E-state index in [-0.39, 0.29) is 34.9 Å². The van der Waals surface area contributed by atoms with Gasteiger partial charge in [-0.2, -0.15) is 0 Å². The van der Waals surface area contributed by atoms with E-state index in [2.05, 4.69) is 20.7 Å². The number of carbonyl (C=O) groups excluding carboxylic acids is 2. The maximum Gasteiger partial charge on any atom is 0.273 e. The number of nitrogens with one attached hydrogen (secondary N) is 2. The lowest BCUT2D eigenvalue weighted by Crippen LogP contribution is -2.57. The summed E-state index contributed by atoms with van der Waals surface area (Å²) in [6.07, 6.45) is 6.66. The van der Waals surface area contributed by atoms with Crippen LogP contribution in [0, 0.1) is 17.6 Å². The first-order chi connectivity index (χ1) is 15.5. The molecule has 1 saturated heterocycles. The van der Waals surface area contributed by atoms with Gasteiger partial charge in [0.1, 0.15) is 11.6 Å². The number of benzene rings is 1. The van der Waals surface area contributed by atoms with Crippen molar-refractivity contribution in [3.05, 3.63) is 41.6 Å². The minimum Gasteiger partial charge on any atom is -0.359 e. The quantitative estimate of drug-likeness (QED) is 0.737. The molecule has 2 fully saturated rings. The molecule has 4 rings (SSSR count). The molecule has 1 aromatic carbocycles. The average Bonchev–Trinajstić information content (AvgIpc) is 3.29. The molecule has 0 spiro atoms. The topological polar surface area (TPSA) is 87.5 Å². The number of halogens is 2. The van der Waals surface area contributed by atoms with E-state index >= 15 is 0 Å². The van der Waals surface area contributed by atoms with Gasteiger partial charge in [0.15, 0.2) is 11.5 Å². The molecule has 2 N–H and O–H groups in total. The molecule has 1 saturated carbocycles. The Morgan fingerprint density at radius 2 is 1.91 bits per heavy atom. The van der Waals surface area contributed by atoms with Crippen molar-refractivity contribution in [1.82, 2.24) is 20.7 Å². The monoisotopic (exact) mass is 446 g/mol. The second-order valence-corrected chi connectivity index (χ2v) is 8.58. The van der Waals surface area contributed by atoms with E-state index in [1.165, 1.54) is 31.4 Å². The average molecular weight is 446 g/mol. The normalized spacial score (nSPS) is 22.5. The molecule has 0 bridgehead atoms. The minimum atomic E-state index is -0.803. The summed E-state index contributed by atoms with van der Waals surface area (Å²) in [5, 5.41) is 9.37. The summed E-state index contributed by atoms with van der Waals surface area (Å²) in [5.41, 5.74) is -0.00364. The first-order valence-corrected chi connectivity index (χ1v) is 11.1. The minimum absolute atomic E-state index is 0.0157. The van der Waals surface area contributed by atoms with E-state index in [1.54, 1.807) is 7.05 Å². The fraction of sp³-hybridized carbons (Fsp3) is 0.522. The molecular formula is C23H28F2N4O3. The van der Waals surface area contributed by atoms with Gasteiger partial charge < -0.3 is 15.2 Å². The highest BCUT2D eigenvalue weighted by molar-refractivity contribution is 5.93. The number of likely N-dealkylation sites (tertiary alicyclic amines) is 1. The number of aromatic nitrogens is 1. The fourth-order valence-corrected chi connectivity index (χ4v) is 4.82. The molecule has 32 heavy (non-hydrogen) atoms. The third kappa shape index (κ3) is 4.82. The molecule has 7 nitrogen and oxygen atoms in total. The van der Waals surface area contributed by atoms with Gasteiger partial charge in [-0.05, 0) is 31.4 Å². The molecule has 1 aliphatic carbocycles. The van der Waals surface area contributed by atoms with E-state index in [0.717, 1.165) is 31.5 Å².